The lowest BCUT2D eigenvalue weighted by Crippen LogP contribution is -2.13. The first kappa shape index (κ1) is 19.3. The molecule has 2 heterocycles. The first-order valence-electron chi connectivity index (χ1n) is 9.60. The minimum atomic E-state index is -3.74. The van der Waals surface area contributed by atoms with E-state index in [1.165, 1.54) is 37.6 Å². The second-order valence-electron chi connectivity index (χ2n) is 7.17. The van der Waals surface area contributed by atoms with E-state index in [1.807, 2.05) is 12.1 Å². The zero-order chi connectivity index (χ0) is 20.4. The average Bonchev–Trinajstić information content (AvgIpc) is 2.96. The van der Waals surface area contributed by atoms with Crippen molar-refractivity contribution in [2.75, 3.05) is 4.72 Å². The number of fused-ring (bicyclic) bond motifs is 1. The van der Waals surface area contributed by atoms with Crippen LogP contribution in [0.15, 0.2) is 53.4 Å². The molecule has 1 aromatic heterocycles. The van der Waals surface area contributed by atoms with Crippen molar-refractivity contribution in [2.45, 2.75) is 44.0 Å². The molecule has 0 amide bonds. The second kappa shape index (κ2) is 7.79. The number of hydrogen-bond donors (Lipinski definition) is 1. The Morgan fingerprint density at radius 1 is 0.966 bits per heavy atom. The lowest BCUT2D eigenvalue weighted by atomic mass is 10.2. The first-order chi connectivity index (χ1) is 13.9. The van der Waals surface area contributed by atoms with Gasteiger partial charge in [0.1, 0.15) is 5.82 Å². The molecule has 1 N–H and O–H groups in total. The summed E-state index contributed by atoms with van der Waals surface area (Å²) in [4.78, 5) is 11.5. The normalized spacial score (nSPS) is 14.1. The van der Waals surface area contributed by atoms with E-state index in [4.69, 9.17) is 0 Å². The predicted octanol–water partition coefficient (Wildman–Crippen LogP) is 3.67. The Labute approximate surface area is 169 Å². The Morgan fingerprint density at radius 2 is 1.69 bits per heavy atom. The highest BCUT2D eigenvalue weighted by Crippen LogP contribution is 2.25. The van der Waals surface area contributed by atoms with Crippen molar-refractivity contribution >= 4 is 21.5 Å². The number of anilines is 1. The van der Waals surface area contributed by atoms with Crippen LogP contribution < -0.4 is 4.72 Å². The lowest BCUT2D eigenvalue weighted by Gasteiger charge is -2.10. The average molecular weight is 410 g/mol. The first-order valence-corrected chi connectivity index (χ1v) is 11.1. The largest absolute Gasteiger partial charge is 0.311 e. The van der Waals surface area contributed by atoms with Crippen LogP contribution >= 0.6 is 0 Å². The number of sulfonamides is 1. The number of ketones is 1. The van der Waals surface area contributed by atoms with Gasteiger partial charge in [-0.15, -0.1) is 10.2 Å². The Morgan fingerprint density at radius 3 is 2.38 bits per heavy atom. The number of benzene rings is 2. The number of Topliss-reactive ketones (excluding diaryl/α,β-unsaturated/α-hetero) is 1. The standard InChI is InChI=1S/C21H22N4O3S/c1-15(26)16-8-12-19(13-9-16)29(27,28)24-18-10-6-17(7-11-18)21-23-22-20-5-3-2-4-14-25(20)21/h6-13,24H,2-5,14H2,1H3. The van der Waals surface area contributed by atoms with Crippen molar-refractivity contribution in [1.82, 2.24) is 14.8 Å². The Balaban J connectivity index is 1.54. The minimum absolute atomic E-state index is 0.106. The SMILES string of the molecule is CC(=O)c1ccc(S(=O)(=O)Nc2ccc(-c3nnc4n3CCCCC4)cc2)cc1. The van der Waals surface area contributed by atoms with Crippen LogP contribution in [0, 0.1) is 0 Å². The number of aryl methyl sites for hydroxylation is 1. The molecule has 0 atom stereocenters. The summed E-state index contributed by atoms with van der Waals surface area (Å²) in [7, 11) is -3.74. The monoisotopic (exact) mass is 410 g/mol. The van der Waals surface area contributed by atoms with Crippen LogP contribution in [0.25, 0.3) is 11.4 Å². The van der Waals surface area contributed by atoms with E-state index in [2.05, 4.69) is 19.5 Å². The number of nitrogens with zero attached hydrogens (tertiary/aromatic N) is 3. The molecule has 0 saturated carbocycles. The smallest absolute Gasteiger partial charge is 0.261 e. The summed E-state index contributed by atoms with van der Waals surface area (Å²) in [6.07, 6.45) is 4.37. The molecule has 0 spiro atoms. The number of carbonyl (C=O) groups excluding carboxylic acids is 1. The Bertz CT molecular complexity index is 1130. The molecule has 0 unspecified atom stereocenters. The zero-order valence-corrected chi connectivity index (χ0v) is 16.9. The van der Waals surface area contributed by atoms with Gasteiger partial charge in [-0.2, -0.15) is 0 Å². The topological polar surface area (TPSA) is 93.9 Å². The summed E-state index contributed by atoms with van der Waals surface area (Å²) >= 11 is 0. The van der Waals surface area contributed by atoms with E-state index in [0.29, 0.717) is 11.3 Å². The molecule has 3 aromatic rings. The fraction of sp³-hybridized carbons (Fsp3) is 0.286. The van der Waals surface area contributed by atoms with Crippen LogP contribution in [-0.2, 0) is 23.0 Å². The van der Waals surface area contributed by atoms with E-state index >= 15 is 0 Å². The van der Waals surface area contributed by atoms with Crippen LogP contribution in [0.3, 0.4) is 0 Å². The molecule has 0 saturated heterocycles. The van der Waals surface area contributed by atoms with Crippen LogP contribution in [0.4, 0.5) is 5.69 Å². The van der Waals surface area contributed by atoms with Gasteiger partial charge in [-0.1, -0.05) is 18.6 Å². The van der Waals surface area contributed by atoms with E-state index in [-0.39, 0.29) is 10.7 Å². The minimum Gasteiger partial charge on any atom is -0.311 e. The molecule has 2 aromatic carbocycles. The second-order valence-corrected chi connectivity index (χ2v) is 8.85. The highest BCUT2D eigenvalue weighted by molar-refractivity contribution is 7.92. The van der Waals surface area contributed by atoms with E-state index < -0.39 is 10.0 Å². The molecule has 0 fully saturated rings. The van der Waals surface area contributed by atoms with Gasteiger partial charge in [0.2, 0.25) is 0 Å². The van der Waals surface area contributed by atoms with E-state index in [0.717, 1.165) is 43.0 Å². The summed E-state index contributed by atoms with van der Waals surface area (Å²) in [5.74, 6) is 1.72. The van der Waals surface area contributed by atoms with Crippen molar-refractivity contribution in [3.63, 3.8) is 0 Å². The maximum absolute atomic E-state index is 12.6. The molecule has 0 aliphatic carbocycles. The quantitative estimate of drug-likeness (QED) is 0.648. The van der Waals surface area contributed by atoms with Crippen LogP contribution in [0.5, 0.6) is 0 Å². The summed E-state index contributed by atoms with van der Waals surface area (Å²) < 4.78 is 29.9. The van der Waals surface area contributed by atoms with Crippen LogP contribution in [0.2, 0.25) is 0 Å². The molecule has 29 heavy (non-hydrogen) atoms. The third-order valence-electron chi connectivity index (χ3n) is 5.08. The van der Waals surface area contributed by atoms with Gasteiger partial charge < -0.3 is 4.57 Å². The fourth-order valence-corrected chi connectivity index (χ4v) is 4.53. The third-order valence-corrected chi connectivity index (χ3v) is 6.47. The van der Waals surface area contributed by atoms with Gasteiger partial charge in [0.05, 0.1) is 4.90 Å². The molecular weight excluding hydrogens is 388 g/mol. The molecule has 150 valence electrons. The van der Waals surface area contributed by atoms with Crippen LogP contribution in [0.1, 0.15) is 42.4 Å². The fourth-order valence-electron chi connectivity index (χ4n) is 3.47. The summed E-state index contributed by atoms with van der Waals surface area (Å²) in [6, 6.07) is 13.0. The number of aromatic nitrogens is 3. The van der Waals surface area contributed by atoms with Gasteiger partial charge >= 0.3 is 0 Å². The molecule has 4 rings (SSSR count). The molecule has 7 nitrogen and oxygen atoms in total. The highest BCUT2D eigenvalue weighted by Gasteiger charge is 2.17. The number of nitrogens with one attached hydrogen (secondary N) is 1. The van der Waals surface area contributed by atoms with Crippen molar-refractivity contribution in [1.29, 1.82) is 0 Å². The Hall–Kier alpha value is -3.00. The van der Waals surface area contributed by atoms with Gasteiger partial charge in [-0.3, -0.25) is 9.52 Å². The third kappa shape index (κ3) is 4.07. The van der Waals surface area contributed by atoms with E-state index in [9.17, 15) is 13.2 Å². The molecule has 0 radical (unpaired) electrons. The number of rotatable bonds is 5. The van der Waals surface area contributed by atoms with Crippen LogP contribution in [-0.4, -0.2) is 29.0 Å². The highest BCUT2D eigenvalue weighted by atomic mass is 32.2. The maximum atomic E-state index is 12.6. The number of carbonyl (C=O) groups is 1. The van der Waals surface area contributed by atoms with Gasteiger partial charge in [0.15, 0.2) is 11.6 Å². The summed E-state index contributed by atoms with van der Waals surface area (Å²) in [6.45, 7) is 2.35. The molecule has 1 aliphatic rings. The van der Waals surface area contributed by atoms with Gasteiger partial charge in [0, 0.05) is 29.8 Å². The molecular formula is C21H22N4O3S. The van der Waals surface area contributed by atoms with Crippen molar-refractivity contribution < 1.29 is 13.2 Å². The predicted molar refractivity (Wildman–Crippen MR) is 110 cm³/mol. The van der Waals surface area contributed by atoms with Gasteiger partial charge in [-0.05, 0) is 56.2 Å². The maximum Gasteiger partial charge on any atom is 0.261 e. The summed E-state index contributed by atoms with van der Waals surface area (Å²) in [5.41, 5.74) is 1.83. The van der Waals surface area contributed by atoms with E-state index in [1.54, 1.807) is 12.1 Å². The van der Waals surface area contributed by atoms with Crippen molar-refractivity contribution in [3.05, 3.63) is 59.9 Å². The molecule has 8 heteroatoms. The molecule has 1 aliphatic heterocycles. The Kier molecular flexibility index (Phi) is 5.19. The summed E-state index contributed by atoms with van der Waals surface area (Å²) in [5, 5.41) is 8.64. The lowest BCUT2D eigenvalue weighted by molar-refractivity contribution is 0.101. The van der Waals surface area contributed by atoms with Crippen molar-refractivity contribution in [3.8, 4) is 11.4 Å². The van der Waals surface area contributed by atoms with Gasteiger partial charge in [-0.25, -0.2) is 8.42 Å². The number of hydrogen-bond acceptors (Lipinski definition) is 5. The van der Waals surface area contributed by atoms with Gasteiger partial charge in [0.25, 0.3) is 10.0 Å². The zero-order valence-electron chi connectivity index (χ0n) is 16.1. The molecule has 0 bridgehead atoms. The van der Waals surface area contributed by atoms with Crippen molar-refractivity contribution in [2.24, 2.45) is 0 Å².